The summed E-state index contributed by atoms with van der Waals surface area (Å²) in [5.41, 5.74) is 1.22. The van der Waals surface area contributed by atoms with Crippen LogP contribution in [0, 0.1) is 0 Å². The highest BCUT2D eigenvalue weighted by atomic mass is 16.5. The third kappa shape index (κ3) is 3.35. The summed E-state index contributed by atoms with van der Waals surface area (Å²) in [6.07, 6.45) is 1.73. The Morgan fingerprint density at radius 3 is 2.53 bits per heavy atom. The molecule has 0 amide bonds. The lowest BCUT2D eigenvalue weighted by Crippen LogP contribution is -1.99. The molecule has 0 atom stereocenters. The molecule has 0 fully saturated rings. The Balaban J connectivity index is 2.31. The second kappa shape index (κ2) is 6.05. The van der Waals surface area contributed by atoms with Crippen LogP contribution in [0.1, 0.15) is 29.3 Å². The fourth-order valence-electron chi connectivity index (χ4n) is 1.89. The van der Waals surface area contributed by atoms with E-state index in [0.29, 0.717) is 5.56 Å². The first-order valence-electron chi connectivity index (χ1n) is 6.30. The van der Waals surface area contributed by atoms with Crippen LogP contribution in [0.4, 0.5) is 0 Å². The number of hydrogen-bond donors (Lipinski definition) is 1. The molecule has 0 unspecified atom stereocenters. The lowest BCUT2D eigenvalue weighted by Gasteiger charge is -2.11. The van der Waals surface area contributed by atoms with Gasteiger partial charge in [-0.15, -0.1) is 0 Å². The molecule has 0 heterocycles. The van der Waals surface area contributed by atoms with Gasteiger partial charge in [-0.3, -0.25) is 0 Å². The van der Waals surface area contributed by atoms with Crippen molar-refractivity contribution in [1.29, 1.82) is 0 Å². The van der Waals surface area contributed by atoms with Gasteiger partial charge in [0.25, 0.3) is 0 Å². The molecule has 3 heteroatoms. The minimum atomic E-state index is -0.913. The van der Waals surface area contributed by atoms with Gasteiger partial charge in [0.2, 0.25) is 0 Å². The monoisotopic (exact) mass is 256 g/mol. The minimum absolute atomic E-state index is 0.295. The summed E-state index contributed by atoms with van der Waals surface area (Å²) in [4.78, 5) is 11.0. The van der Waals surface area contributed by atoms with E-state index in [0.717, 1.165) is 29.9 Å². The van der Waals surface area contributed by atoms with Crippen LogP contribution in [0.3, 0.4) is 0 Å². The van der Waals surface area contributed by atoms with E-state index in [1.807, 2.05) is 30.3 Å². The van der Waals surface area contributed by atoms with Crippen molar-refractivity contribution in [2.75, 3.05) is 0 Å². The second-order valence-corrected chi connectivity index (χ2v) is 4.29. The van der Waals surface area contributed by atoms with Crippen LogP contribution in [-0.2, 0) is 6.42 Å². The Labute approximate surface area is 112 Å². The number of benzene rings is 2. The van der Waals surface area contributed by atoms with E-state index in [1.54, 1.807) is 18.2 Å². The summed E-state index contributed by atoms with van der Waals surface area (Å²) in [7, 11) is 0. The maximum Gasteiger partial charge on any atom is 0.335 e. The number of para-hydroxylation sites is 1. The van der Waals surface area contributed by atoms with Crippen molar-refractivity contribution < 1.29 is 14.6 Å². The highest BCUT2D eigenvalue weighted by molar-refractivity contribution is 5.88. The molecule has 0 saturated heterocycles. The molecule has 2 aromatic carbocycles. The molecule has 2 aromatic rings. The smallest absolute Gasteiger partial charge is 0.335 e. The van der Waals surface area contributed by atoms with E-state index < -0.39 is 5.97 Å². The van der Waals surface area contributed by atoms with Gasteiger partial charge in [0.15, 0.2) is 0 Å². The molecular formula is C16H16O3. The zero-order chi connectivity index (χ0) is 13.7. The SMILES string of the molecule is CCCc1cc(C(=O)O)ccc1Oc1ccccc1. The summed E-state index contributed by atoms with van der Waals surface area (Å²) in [6.45, 7) is 2.06. The van der Waals surface area contributed by atoms with E-state index in [-0.39, 0.29) is 0 Å². The van der Waals surface area contributed by atoms with Gasteiger partial charge >= 0.3 is 5.97 Å². The zero-order valence-electron chi connectivity index (χ0n) is 10.8. The molecule has 0 spiro atoms. The molecule has 0 aliphatic rings. The Hall–Kier alpha value is -2.29. The molecular weight excluding hydrogens is 240 g/mol. The van der Waals surface area contributed by atoms with E-state index in [2.05, 4.69) is 6.92 Å². The van der Waals surface area contributed by atoms with E-state index in [9.17, 15) is 4.79 Å². The maximum absolute atomic E-state index is 11.0. The number of carbonyl (C=O) groups is 1. The Morgan fingerprint density at radius 1 is 1.16 bits per heavy atom. The molecule has 0 aliphatic carbocycles. The molecule has 1 N–H and O–H groups in total. The van der Waals surface area contributed by atoms with Crippen LogP contribution in [0.25, 0.3) is 0 Å². The van der Waals surface area contributed by atoms with Crippen molar-refractivity contribution in [2.45, 2.75) is 19.8 Å². The van der Waals surface area contributed by atoms with Crippen LogP contribution in [0.5, 0.6) is 11.5 Å². The number of aromatic carboxylic acids is 1. The maximum atomic E-state index is 11.0. The summed E-state index contributed by atoms with van der Waals surface area (Å²) < 4.78 is 5.80. The van der Waals surface area contributed by atoms with Crippen LogP contribution in [-0.4, -0.2) is 11.1 Å². The third-order valence-corrected chi connectivity index (χ3v) is 2.80. The van der Waals surface area contributed by atoms with Crippen molar-refractivity contribution in [3.63, 3.8) is 0 Å². The van der Waals surface area contributed by atoms with Gasteiger partial charge in [0, 0.05) is 0 Å². The molecule has 0 aliphatic heterocycles. The van der Waals surface area contributed by atoms with Crippen molar-refractivity contribution in [1.82, 2.24) is 0 Å². The van der Waals surface area contributed by atoms with Crippen molar-refractivity contribution in [3.8, 4) is 11.5 Å². The molecule has 98 valence electrons. The summed E-state index contributed by atoms with van der Waals surface area (Å²) >= 11 is 0. The normalized spacial score (nSPS) is 10.2. The number of hydrogen-bond acceptors (Lipinski definition) is 2. The fraction of sp³-hybridized carbons (Fsp3) is 0.188. The zero-order valence-corrected chi connectivity index (χ0v) is 10.8. The predicted octanol–water partition coefficient (Wildman–Crippen LogP) is 4.13. The van der Waals surface area contributed by atoms with Crippen molar-refractivity contribution in [2.24, 2.45) is 0 Å². The topological polar surface area (TPSA) is 46.5 Å². The van der Waals surface area contributed by atoms with Gasteiger partial charge < -0.3 is 9.84 Å². The average Bonchev–Trinajstić information content (AvgIpc) is 2.42. The second-order valence-electron chi connectivity index (χ2n) is 4.29. The van der Waals surface area contributed by atoms with Gasteiger partial charge in [-0.25, -0.2) is 4.79 Å². The molecule has 0 aromatic heterocycles. The predicted molar refractivity (Wildman–Crippen MR) is 73.9 cm³/mol. The summed E-state index contributed by atoms with van der Waals surface area (Å²) in [6, 6.07) is 14.5. The highest BCUT2D eigenvalue weighted by Crippen LogP contribution is 2.27. The number of ether oxygens (including phenoxy) is 1. The average molecular weight is 256 g/mol. The molecule has 2 rings (SSSR count). The van der Waals surface area contributed by atoms with Gasteiger partial charge in [-0.05, 0) is 42.3 Å². The van der Waals surface area contributed by atoms with Gasteiger partial charge in [0.05, 0.1) is 5.56 Å². The Kier molecular flexibility index (Phi) is 4.18. The fourth-order valence-corrected chi connectivity index (χ4v) is 1.89. The van der Waals surface area contributed by atoms with Crippen LogP contribution in [0.2, 0.25) is 0 Å². The minimum Gasteiger partial charge on any atom is -0.478 e. The van der Waals surface area contributed by atoms with Gasteiger partial charge in [-0.1, -0.05) is 31.5 Å². The Morgan fingerprint density at radius 2 is 1.89 bits per heavy atom. The van der Waals surface area contributed by atoms with Crippen LogP contribution >= 0.6 is 0 Å². The quantitative estimate of drug-likeness (QED) is 0.874. The lowest BCUT2D eigenvalue weighted by molar-refractivity contribution is 0.0696. The summed E-state index contributed by atoms with van der Waals surface area (Å²) in [5, 5.41) is 9.02. The van der Waals surface area contributed by atoms with Crippen LogP contribution in [0.15, 0.2) is 48.5 Å². The van der Waals surface area contributed by atoms with Crippen LogP contribution < -0.4 is 4.74 Å². The summed E-state index contributed by atoms with van der Waals surface area (Å²) in [5.74, 6) is 0.560. The molecule has 0 saturated carbocycles. The number of rotatable bonds is 5. The van der Waals surface area contributed by atoms with Gasteiger partial charge in [-0.2, -0.15) is 0 Å². The standard InChI is InChI=1S/C16H16O3/c1-2-6-12-11-13(16(17)18)9-10-15(12)19-14-7-4-3-5-8-14/h3-5,7-11H,2,6H2,1H3,(H,17,18). The highest BCUT2D eigenvalue weighted by Gasteiger charge is 2.09. The number of carboxylic acids is 1. The van der Waals surface area contributed by atoms with Crippen molar-refractivity contribution in [3.05, 3.63) is 59.7 Å². The Bertz CT molecular complexity index is 561. The largest absolute Gasteiger partial charge is 0.478 e. The first-order chi connectivity index (χ1) is 9.20. The van der Waals surface area contributed by atoms with E-state index in [4.69, 9.17) is 9.84 Å². The molecule has 0 radical (unpaired) electrons. The lowest BCUT2D eigenvalue weighted by atomic mass is 10.1. The van der Waals surface area contributed by atoms with Gasteiger partial charge in [0.1, 0.15) is 11.5 Å². The first kappa shape index (κ1) is 13.1. The molecule has 3 nitrogen and oxygen atoms in total. The van der Waals surface area contributed by atoms with E-state index >= 15 is 0 Å². The molecule has 19 heavy (non-hydrogen) atoms. The van der Waals surface area contributed by atoms with E-state index in [1.165, 1.54) is 0 Å². The van der Waals surface area contributed by atoms with Crippen molar-refractivity contribution >= 4 is 5.97 Å². The number of aryl methyl sites for hydroxylation is 1. The molecule has 0 bridgehead atoms. The third-order valence-electron chi connectivity index (χ3n) is 2.80. The first-order valence-corrected chi connectivity index (χ1v) is 6.30. The number of carboxylic acid groups (broad SMARTS) is 1.